The Bertz CT molecular complexity index is 1000. The fourth-order valence-electron chi connectivity index (χ4n) is 3.31. The lowest BCUT2D eigenvalue weighted by Crippen LogP contribution is -2.47. The minimum absolute atomic E-state index is 0.671. The molecular formula is C20H21N7. The van der Waals surface area contributed by atoms with Crippen molar-refractivity contribution < 1.29 is 0 Å². The Morgan fingerprint density at radius 1 is 0.963 bits per heavy atom. The fraction of sp³-hybridized carbons (Fsp3) is 0.300. The van der Waals surface area contributed by atoms with Gasteiger partial charge in [-0.25, -0.2) is 9.97 Å². The molecule has 0 atom stereocenters. The maximum Gasteiger partial charge on any atom is 0.226 e. The molecule has 4 rings (SSSR count). The number of para-hydroxylation sites is 1. The molecule has 1 aromatic carbocycles. The summed E-state index contributed by atoms with van der Waals surface area (Å²) >= 11 is 0. The molecule has 136 valence electrons. The van der Waals surface area contributed by atoms with Crippen molar-refractivity contribution in [3.8, 4) is 6.07 Å². The van der Waals surface area contributed by atoms with Crippen molar-refractivity contribution in [1.82, 2.24) is 15.0 Å². The van der Waals surface area contributed by atoms with Crippen LogP contribution in [0.15, 0.2) is 42.6 Å². The molecule has 0 aliphatic carbocycles. The van der Waals surface area contributed by atoms with E-state index in [1.54, 1.807) is 6.20 Å². The van der Waals surface area contributed by atoms with E-state index >= 15 is 0 Å². The molecule has 7 nitrogen and oxygen atoms in total. The van der Waals surface area contributed by atoms with Crippen molar-refractivity contribution in [1.29, 1.82) is 5.26 Å². The number of pyridine rings is 1. The molecule has 1 fully saturated rings. The predicted molar refractivity (Wildman–Crippen MR) is 107 cm³/mol. The number of benzene rings is 1. The quantitative estimate of drug-likeness (QED) is 0.710. The van der Waals surface area contributed by atoms with Gasteiger partial charge in [-0.3, -0.25) is 0 Å². The largest absolute Gasteiger partial charge is 0.353 e. The monoisotopic (exact) mass is 359 g/mol. The Balaban J connectivity index is 1.54. The Morgan fingerprint density at radius 3 is 2.37 bits per heavy atom. The molecule has 0 radical (unpaired) electrons. The minimum Gasteiger partial charge on any atom is -0.353 e. The van der Waals surface area contributed by atoms with Gasteiger partial charge < -0.3 is 14.7 Å². The number of rotatable bonds is 3. The Labute approximate surface area is 158 Å². The summed E-state index contributed by atoms with van der Waals surface area (Å²) in [7, 11) is 3.88. The van der Waals surface area contributed by atoms with E-state index in [9.17, 15) is 5.26 Å². The Morgan fingerprint density at radius 2 is 1.67 bits per heavy atom. The molecular weight excluding hydrogens is 338 g/mol. The Hall–Kier alpha value is -3.40. The van der Waals surface area contributed by atoms with E-state index < -0.39 is 0 Å². The number of hydrogen-bond acceptors (Lipinski definition) is 7. The molecule has 0 amide bonds. The topological polar surface area (TPSA) is 72.2 Å². The molecule has 3 aromatic rings. The van der Waals surface area contributed by atoms with Gasteiger partial charge in [0.05, 0.1) is 17.1 Å². The predicted octanol–water partition coefficient (Wildman–Crippen LogP) is 2.29. The van der Waals surface area contributed by atoms with Crippen molar-refractivity contribution in [2.45, 2.75) is 0 Å². The second-order valence-corrected chi connectivity index (χ2v) is 6.74. The van der Waals surface area contributed by atoms with Crippen LogP contribution in [-0.4, -0.2) is 55.2 Å². The van der Waals surface area contributed by atoms with Gasteiger partial charge in [-0.2, -0.15) is 10.2 Å². The first kappa shape index (κ1) is 17.0. The third-order valence-corrected chi connectivity index (χ3v) is 4.78. The molecule has 1 saturated heterocycles. The fourth-order valence-corrected chi connectivity index (χ4v) is 3.31. The van der Waals surface area contributed by atoms with E-state index in [0.717, 1.165) is 48.7 Å². The van der Waals surface area contributed by atoms with Crippen molar-refractivity contribution in [2.24, 2.45) is 0 Å². The van der Waals surface area contributed by atoms with Crippen LogP contribution in [0.3, 0.4) is 0 Å². The summed E-state index contributed by atoms with van der Waals surface area (Å²) in [5.74, 6) is 2.52. The van der Waals surface area contributed by atoms with Crippen LogP contribution < -0.4 is 14.7 Å². The highest BCUT2D eigenvalue weighted by Gasteiger charge is 2.20. The van der Waals surface area contributed by atoms with E-state index in [0.29, 0.717) is 11.5 Å². The van der Waals surface area contributed by atoms with E-state index in [1.807, 2.05) is 55.4 Å². The van der Waals surface area contributed by atoms with Crippen LogP contribution in [0.2, 0.25) is 0 Å². The standard InChI is InChI=1S/C20H21N7/c1-25(2)20-22-8-7-18(24-20)26-9-11-27(12-10-26)19-13-15(14-21)16-5-3-4-6-17(16)23-19/h3-8,13H,9-12H2,1-2H3. The first-order valence-corrected chi connectivity index (χ1v) is 8.96. The number of nitriles is 1. The van der Waals surface area contributed by atoms with Gasteiger partial charge in [0.2, 0.25) is 5.95 Å². The first-order valence-electron chi connectivity index (χ1n) is 8.96. The number of nitrogens with zero attached hydrogens (tertiary/aromatic N) is 7. The molecule has 0 N–H and O–H groups in total. The summed E-state index contributed by atoms with van der Waals surface area (Å²) in [5, 5.41) is 10.4. The summed E-state index contributed by atoms with van der Waals surface area (Å²) in [6, 6.07) is 13.9. The van der Waals surface area contributed by atoms with Crippen molar-refractivity contribution in [3.05, 3.63) is 48.2 Å². The molecule has 27 heavy (non-hydrogen) atoms. The summed E-state index contributed by atoms with van der Waals surface area (Å²) < 4.78 is 0. The van der Waals surface area contributed by atoms with Gasteiger partial charge in [-0.1, -0.05) is 18.2 Å². The molecule has 0 saturated carbocycles. The van der Waals surface area contributed by atoms with Crippen LogP contribution in [0, 0.1) is 11.3 Å². The lowest BCUT2D eigenvalue weighted by molar-refractivity contribution is 0.641. The molecule has 1 aliphatic rings. The lowest BCUT2D eigenvalue weighted by atomic mass is 10.1. The normalized spacial score (nSPS) is 14.3. The van der Waals surface area contributed by atoms with Crippen LogP contribution >= 0.6 is 0 Å². The summed E-state index contributed by atoms with van der Waals surface area (Å²) in [5.41, 5.74) is 1.53. The van der Waals surface area contributed by atoms with Crippen LogP contribution in [0.5, 0.6) is 0 Å². The number of piperazine rings is 1. The highest BCUT2D eigenvalue weighted by Crippen LogP contribution is 2.24. The molecule has 3 heterocycles. The van der Waals surface area contributed by atoms with Gasteiger partial charge in [0, 0.05) is 51.9 Å². The van der Waals surface area contributed by atoms with Crippen LogP contribution in [0.25, 0.3) is 10.9 Å². The lowest BCUT2D eigenvalue weighted by Gasteiger charge is -2.36. The van der Waals surface area contributed by atoms with E-state index in [1.165, 1.54) is 0 Å². The highest BCUT2D eigenvalue weighted by atomic mass is 15.3. The third kappa shape index (κ3) is 3.34. The maximum absolute atomic E-state index is 9.50. The summed E-state index contributed by atoms with van der Waals surface area (Å²) in [6.07, 6.45) is 1.80. The smallest absolute Gasteiger partial charge is 0.226 e. The van der Waals surface area contributed by atoms with Gasteiger partial charge in [-0.15, -0.1) is 0 Å². The van der Waals surface area contributed by atoms with Gasteiger partial charge in [0.1, 0.15) is 11.6 Å². The summed E-state index contributed by atoms with van der Waals surface area (Å²) in [4.78, 5) is 20.1. The SMILES string of the molecule is CN(C)c1nccc(N2CCN(c3cc(C#N)c4ccccc4n3)CC2)n1. The first-order chi connectivity index (χ1) is 13.2. The van der Waals surface area contributed by atoms with Crippen LogP contribution in [0.4, 0.5) is 17.6 Å². The summed E-state index contributed by atoms with van der Waals surface area (Å²) in [6.45, 7) is 3.36. The van der Waals surface area contributed by atoms with Crippen molar-refractivity contribution in [2.75, 3.05) is 55.0 Å². The van der Waals surface area contributed by atoms with Gasteiger partial charge >= 0.3 is 0 Å². The third-order valence-electron chi connectivity index (χ3n) is 4.78. The van der Waals surface area contributed by atoms with E-state index in [-0.39, 0.29) is 0 Å². The number of fused-ring (bicyclic) bond motifs is 1. The molecule has 7 heteroatoms. The van der Waals surface area contributed by atoms with Gasteiger partial charge in [-0.05, 0) is 18.2 Å². The number of anilines is 3. The zero-order valence-electron chi connectivity index (χ0n) is 15.5. The molecule has 0 spiro atoms. The minimum atomic E-state index is 0.671. The second kappa shape index (κ2) is 7.08. The average molecular weight is 359 g/mol. The van der Waals surface area contributed by atoms with Crippen molar-refractivity contribution >= 4 is 28.5 Å². The number of aromatic nitrogens is 3. The van der Waals surface area contributed by atoms with Gasteiger partial charge in [0.15, 0.2) is 0 Å². The van der Waals surface area contributed by atoms with E-state index in [4.69, 9.17) is 4.98 Å². The molecule has 1 aliphatic heterocycles. The zero-order valence-corrected chi connectivity index (χ0v) is 15.5. The van der Waals surface area contributed by atoms with Crippen molar-refractivity contribution in [3.63, 3.8) is 0 Å². The van der Waals surface area contributed by atoms with Gasteiger partial charge in [0.25, 0.3) is 0 Å². The van der Waals surface area contributed by atoms with E-state index in [2.05, 4.69) is 25.8 Å². The Kier molecular flexibility index (Phi) is 4.47. The number of hydrogen-bond donors (Lipinski definition) is 0. The zero-order chi connectivity index (χ0) is 18.8. The molecule has 0 bridgehead atoms. The molecule has 2 aromatic heterocycles. The van der Waals surface area contributed by atoms with Crippen LogP contribution in [0.1, 0.15) is 5.56 Å². The maximum atomic E-state index is 9.50. The van der Waals surface area contributed by atoms with Crippen LogP contribution in [-0.2, 0) is 0 Å². The highest BCUT2D eigenvalue weighted by molar-refractivity contribution is 5.86. The second-order valence-electron chi connectivity index (χ2n) is 6.74. The average Bonchev–Trinajstić information content (AvgIpc) is 2.73. The molecule has 0 unspecified atom stereocenters.